The van der Waals surface area contributed by atoms with Gasteiger partial charge in [0.05, 0.1) is 25.2 Å². The maximum absolute atomic E-state index is 12.9. The molecule has 3 aliphatic rings. The predicted molar refractivity (Wildman–Crippen MR) is 151 cm³/mol. The Labute approximate surface area is 226 Å². The van der Waals surface area contributed by atoms with E-state index < -0.39 is 5.91 Å². The predicted octanol–water partition coefficient (Wildman–Crippen LogP) is 4.48. The van der Waals surface area contributed by atoms with E-state index in [1.807, 2.05) is 19.9 Å². The summed E-state index contributed by atoms with van der Waals surface area (Å²) < 4.78 is 7.46. The van der Waals surface area contributed by atoms with Gasteiger partial charge in [-0.15, -0.1) is 0 Å². The molecule has 1 aromatic heterocycles. The van der Waals surface area contributed by atoms with Gasteiger partial charge in [-0.1, -0.05) is 26.0 Å². The number of nitrogens with zero attached hydrogens (tertiary/aromatic N) is 5. The minimum absolute atomic E-state index is 0.0379. The summed E-state index contributed by atoms with van der Waals surface area (Å²) in [5.74, 6) is -0.0518. The molecule has 0 spiro atoms. The highest BCUT2D eigenvalue weighted by molar-refractivity contribution is 8.27. The van der Waals surface area contributed by atoms with Crippen molar-refractivity contribution in [3.05, 3.63) is 58.4 Å². The van der Waals surface area contributed by atoms with Crippen LogP contribution in [0.3, 0.4) is 0 Å². The fourth-order valence-electron chi connectivity index (χ4n) is 4.83. The second kappa shape index (κ2) is 10.7. The van der Waals surface area contributed by atoms with Gasteiger partial charge in [0.15, 0.2) is 5.84 Å². The molecule has 0 saturated carbocycles. The number of nitrogens with one attached hydrogen (secondary N) is 1. The molecule has 10 heteroatoms. The number of aryl methyl sites for hydroxylation is 1. The number of morpholine rings is 1. The zero-order valence-electron chi connectivity index (χ0n) is 22.2. The van der Waals surface area contributed by atoms with Crippen molar-refractivity contribution < 1.29 is 14.3 Å². The third kappa shape index (κ3) is 4.98. The van der Waals surface area contributed by atoms with Gasteiger partial charge in [-0.3, -0.25) is 15.0 Å². The number of ether oxygens (including phenoxy) is 1. The first-order chi connectivity index (χ1) is 18.3. The summed E-state index contributed by atoms with van der Waals surface area (Å²) >= 11 is 1.17. The van der Waals surface area contributed by atoms with E-state index in [0.717, 1.165) is 29.1 Å². The molecule has 1 saturated heterocycles. The summed E-state index contributed by atoms with van der Waals surface area (Å²) in [6.07, 6.45) is 2.92. The normalized spacial score (nSPS) is 19.5. The molecule has 9 nitrogen and oxygen atoms in total. The van der Waals surface area contributed by atoms with Crippen LogP contribution in [0.1, 0.15) is 55.1 Å². The highest BCUT2D eigenvalue weighted by Gasteiger charge is 2.36. The van der Waals surface area contributed by atoms with Crippen molar-refractivity contribution >= 4 is 45.7 Å². The molecule has 4 heterocycles. The molecule has 1 unspecified atom stereocenters. The van der Waals surface area contributed by atoms with Crippen molar-refractivity contribution in [2.75, 3.05) is 26.3 Å². The van der Waals surface area contributed by atoms with Crippen LogP contribution in [-0.2, 0) is 14.3 Å². The molecule has 2 aromatic rings. The van der Waals surface area contributed by atoms with Crippen LogP contribution < -0.4 is 0 Å². The number of rotatable bonds is 6. The standard InChI is InChI=1S/C28H32N6O3S/c1-5-17(2)20-6-8-22(9-7-20)33-18(3)14-21(19(33)4)15-23-26(29)34-28(30-27(23)36)38-24(31-34)16-25(35)32-10-12-37-13-11-32/h6-9,14-15,17,29H,5,10-13,16H2,1-4H3/b23-15+,29-26?. The summed E-state index contributed by atoms with van der Waals surface area (Å²) in [5, 5.41) is 15.4. The van der Waals surface area contributed by atoms with Gasteiger partial charge in [-0.05, 0) is 73.4 Å². The van der Waals surface area contributed by atoms with Crippen LogP contribution in [-0.4, -0.2) is 68.6 Å². The van der Waals surface area contributed by atoms with Gasteiger partial charge in [-0.25, -0.2) is 0 Å². The summed E-state index contributed by atoms with van der Waals surface area (Å²) in [7, 11) is 0. The van der Waals surface area contributed by atoms with E-state index in [2.05, 4.69) is 52.8 Å². The van der Waals surface area contributed by atoms with Crippen molar-refractivity contribution in [1.29, 1.82) is 5.41 Å². The Kier molecular flexibility index (Phi) is 7.36. The number of amides is 2. The number of amidine groups is 2. The molecule has 1 N–H and O–H groups in total. The van der Waals surface area contributed by atoms with Gasteiger partial charge in [0.25, 0.3) is 5.91 Å². The van der Waals surface area contributed by atoms with Crippen LogP contribution in [0.4, 0.5) is 0 Å². The van der Waals surface area contributed by atoms with Crippen molar-refractivity contribution in [3.8, 4) is 5.69 Å². The third-order valence-electron chi connectivity index (χ3n) is 7.27. The third-order valence-corrected chi connectivity index (χ3v) is 8.17. The van der Waals surface area contributed by atoms with Crippen LogP contribution in [0.5, 0.6) is 0 Å². The molecule has 0 aliphatic carbocycles. The first-order valence-electron chi connectivity index (χ1n) is 12.9. The quantitative estimate of drug-likeness (QED) is 0.553. The smallest absolute Gasteiger partial charge is 0.283 e. The largest absolute Gasteiger partial charge is 0.378 e. The average molecular weight is 533 g/mol. The zero-order chi connectivity index (χ0) is 27.0. The minimum atomic E-state index is -0.479. The van der Waals surface area contributed by atoms with Crippen molar-refractivity contribution in [1.82, 2.24) is 14.5 Å². The Morgan fingerprint density at radius 3 is 2.61 bits per heavy atom. The van der Waals surface area contributed by atoms with Crippen molar-refractivity contribution in [3.63, 3.8) is 0 Å². The summed E-state index contributed by atoms with van der Waals surface area (Å²) in [6.45, 7) is 10.6. The number of carbonyl (C=O) groups excluding carboxylic acids is 2. The lowest BCUT2D eigenvalue weighted by atomic mass is 9.98. The van der Waals surface area contributed by atoms with Crippen LogP contribution in [0, 0.1) is 19.3 Å². The molecule has 38 heavy (non-hydrogen) atoms. The van der Waals surface area contributed by atoms with Crippen molar-refractivity contribution in [2.24, 2.45) is 10.1 Å². The first-order valence-corrected chi connectivity index (χ1v) is 13.7. The number of benzene rings is 1. The monoisotopic (exact) mass is 532 g/mol. The van der Waals surface area contributed by atoms with Crippen LogP contribution in [0.15, 0.2) is 46.0 Å². The number of hydrazone groups is 1. The Hall–Kier alpha value is -3.50. The SMILES string of the molecule is CCC(C)c1ccc(-n2c(C)cc(/C=C3\C(=N)N4N=C(CC(=O)N5CCOCC5)SC4=NC3=O)c2C)cc1. The molecular weight excluding hydrogens is 500 g/mol. The van der Waals surface area contributed by atoms with Gasteiger partial charge >= 0.3 is 0 Å². The second-order valence-corrected chi connectivity index (χ2v) is 10.8. The molecule has 5 rings (SSSR count). The number of aromatic nitrogens is 1. The molecule has 1 fully saturated rings. The van der Waals surface area contributed by atoms with Gasteiger partial charge in [0.1, 0.15) is 5.04 Å². The minimum Gasteiger partial charge on any atom is -0.378 e. The molecule has 1 atom stereocenters. The lowest BCUT2D eigenvalue weighted by Gasteiger charge is -2.26. The van der Waals surface area contributed by atoms with E-state index in [4.69, 9.17) is 10.1 Å². The highest BCUT2D eigenvalue weighted by atomic mass is 32.2. The molecule has 0 bridgehead atoms. The number of thioether (sulfide) groups is 1. The number of hydrogen-bond acceptors (Lipinski definition) is 6. The molecule has 1 aromatic carbocycles. The zero-order valence-corrected chi connectivity index (χ0v) is 23.0. The molecule has 0 radical (unpaired) electrons. The van der Waals surface area contributed by atoms with Gasteiger partial charge in [-0.2, -0.15) is 15.1 Å². The Balaban J connectivity index is 1.37. The molecular formula is C28H32N6O3S. The van der Waals surface area contributed by atoms with Gasteiger partial charge in [0.2, 0.25) is 11.1 Å². The second-order valence-electron chi connectivity index (χ2n) is 9.75. The van der Waals surface area contributed by atoms with Crippen LogP contribution in [0.25, 0.3) is 11.8 Å². The summed E-state index contributed by atoms with van der Waals surface area (Å²) in [5.41, 5.74) is 5.38. The maximum Gasteiger partial charge on any atom is 0.283 e. The fourth-order valence-corrected chi connectivity index (χ4v) is 5.71. The summed E-state index contributed by atoms with van der Waals surface area (Å²) in [4.78, 5) is 31.5. The molecule has 198 valence electrons. The topological polar surface area (TPSA) is 103 Å². The Morgan fingerprint density at radius 2 is 1.92 bits per heavy atom. The van der Waals surface area contributed by atoms with Crippen LogP contribution in [0.2, 0.25) is 0 Å². The van der Waals surface area contributed by atoms with E-state index in [-0.39, 0.29) is 23.7 Å². The van der Waals surface area contributed by atoms with Crippen molar-refractivity contribution in [2.45, 2.75) is 46.5 Å². The average Bonchev–Trinajstić information content (AvgIpc) is 3.45. The number of carbonyl (C=O) groups is 2. The van der Waals surface area contributed by atoms with Gasteiger partial charge in [0, 0.05) is 30.2 Å². The summed E-state index contributed by atoms with van der Waals surface area (Å²) in [6, 6.07) is 10.6. The number of aliphatic imine (C=N–C) groups is 1. The van der Waals surface area contributed by atoms with E-state index in [0.29, 0.717) is 42.4 Å². The lowest BCUT2D eigenvalue weighted by molar-refractivity contribution is -0.133. The van der Waals surface area contributed by atoms with E-state index >= 15 is 0 Å². The lowest BCUT2D eigenvalue weighted by Crippen LogP contribution is -2.41. The van der Waals surface area contributed by atoms with Crippen LogP contribution >= 0.6 is 11.8 Å². The molecule has 3 aliphatic heterocycles. The number of hydrogen-bond donors (Lipinski definition) is 1. The van der Waals surface area contributed by atoms with E-state index in [1.165, 1.54) is 22.3 Å². The fraction of sp³-hybridized carbons (Fsp3) is 0.393. The Morgan fingerprint density at radius 1 is 1.21 bits per heavy atom. The van der Waals surface area contributed by atoms with E-state index in [9.17, 15) is 9.59 Å². The van der Waals surface area contributed by atoms with Gasteiger partial charge < -0.3 is 14.2 Å². The number of fused-ring (bicyclic) bond motifs is 1. The first kappa shape index (κ1) is 26.1. The Bertz CT molecular complexity index is 1380. The van der Waals surface area contributed by atoms with E-state index in [1.54, 1.807) is 11.0 Å². The highest BCUT2D eigenvalue weighted by Crippen LogP contribution is 2.31. The maximum atomic E-state index is 12.9. The molecule has 2 amide bonds.